The summed E-state index contributed by atoms with van der Waals surface area (Å²) < 4.78 is 5.79. The molecule has 2 aromatic carbocycles. The van der Waals surface area contributed by atoms with Crippen LogP contribution in [0.3, 0.4) is 0 Å². The minimum absolute atomic E-state index is 0.0461. The molecule has 0 aromatic heterocycles. The molecule has 0 aliphatic heterocycles. The Morgan fingerprint density at radius 3 is 2.39 bits per heavy atom. The van der Waals surface area contributed by atoms with Crippen molar-refractivity contribution in [2.45, 2.75) is 46.3 Å². The molecule has 2 rings (SSSR count). The summed E-state index contributed by atoms with van der Waals surface area (Å²) in [4.78, 5) is 12.5. The number of ether oxygens (including phenoxy) is 1. The van der Waals surface area contributed by atoms with Crippen LogP contribution < -0.4 is 10.1 Å². The molecule has 0 fully saturated rings. The van der Waals surface area contributed by atoms with Gasteiger partial charge in [-0.3, -0.25) is 4.79 Å². The first kappa shape index (κ1) is 17.1. The molecule has 2 atom stereocenters. The molecule has 2 aromatic rings. The van der Waals surface area contributed by atoms with Gasteiger partial charge < -0.3 is 10.1 Å². The van der Waals surface area contributed by atoms with E-state index < -0.39 is 6.10 Å². The lowest BCUT2D eigenvalue weighted by molar-refractivity contribution is -0.128. The average Bonchev–Trinajstić information content (AvgIpc) is 2.55. The number of hydrogen-bond donors (Lipinski definition) is 1. The molecule has 0 aliphatic carbocycles. The number of hydrogen-bond acceptors (Lipinski definition) is 2. The Kier molecular flexibility index (Phi) is 5.80. The molecule has 0 bridgehead atoms. The van der Waals surface area contributed by atoms with Gasteiger partial charge in [0.25, 0.3) is 5.91 Å². The predicted octanol–water partition coefficient (Wildman–Crippen LogP) is 4.34. The molecule has 0 heterocycles. The molecule has 1 amide bonds. The maximum Gasteiger partial charge on any atom is 0.261 e. The van der Waals surface area contributed by atoms with Gasteiger partial charge in [0.1, 0.15) is 5.75 Å². The molecular weight excluding hydrogens is 286 g/mol. The molecule has 3 heteroatoms. The highest BCUT2D eigenvalue weighted by atomic mass is 16.5. The quantitative estimate of drug-likeness (QED) is 0.862. The summed E-state index contributed by atoms with van der Waals surface area (Å²) in [5.41, 5.74) is 3.60. The van der Waals surface area contributed by atoms with Crippen molar-refractivity contribution in [2.75, 3.05) is 0 Å². The van der Waals surface area contributed by atoms with Crippen molar-refractivity contribution in [1.29, 1.82) is 0 Å². The van der Waals surface area contributed by atoms with Gasteiger partial charge in [-0.25, -0.2) is 0 Å². The van der Waals surface area contributed by atoms with Gasteiger partial charge in [0.05, 0.1) is 6.04 Å². The van der Waals surface area contributed by atoms with E-state index in [1.54, 1.807) is 0 Å². The third-order valence-electron chi connectivity index (χ3n) is 4.07. The van der Waals surface area contributed by atoms with Gasteiger partial charge in [-0.1, -0.05) is 43.3 Å². The number of carbonyl (C=O) groups excluding carboxylic acids is 1. The number of benzene rings is 2. The molecule has 0 saturated carbocycles. The molecule has 0 saturated heterocycles. The number of rotatable bonds is 6. The van der Waals surface area contributed by atoms with E-state index in [9.17, 15) is 4.79 Å². The molecular formula is C20H25NO2. The van der Waals surface area contributed by atoms with Crippen LogP contribution in [0.4, 0.5) is 0 Å². The SMILES string of the molecule is CC[C@H](Oc1ccccc1)C(=O)N[C@H](C)c1ccc(C)c(C)c1. The zero-order valence-electron chi connectivity index (χ0n) is 14.3. The van der Waals surface area contributed by atoms with Crippen molar-refractivity contribution >= 4 is 5.91 Å². The summed E-state index contributed by atoms with van der Waals surface area (Å²) in [6.45, 7) is 8.12. The number of para-hydroxylation sites is 1. The lowest BCUT2D eigenvalue weighted by Gasteiger charge is -2.21. The predicted molar refractivity (Wildman–Crippen MR) is 93.6 cm³/mol. The summed E-state index contributed by atoms with van der Waals surface area (Å²) in [6.07, 6.45) is 0.145. The highest BCUT2D eigenvalue weighted by Gasteiger charge is 2.20. The van der Waals surface area contributed by atoms with Crippen molar-refractivity contribution in [3.8, 4) is 5.75 Å². The third-order valence-corrected chi connectivity index (χ3v) is 4.07. The van der Waals surface area contributed by atoms with E-state index in [1.165, 1.54) is 11.1 Å². The van der Waals surface area contributed by atoms with Crippen LogP contribution in [0.15, 0.2) is 48.5 Å². The summed E-state index contributed by atoms with van der Waals surface area (Å²) in [5.74, 6) is 0.635. The van der Waals surface area contributed by atoms with E-state index in [-0.39, 0.29) is 11.9 Å². The Labute approximate surface area is 138 Å². The second-order valence-electron chi connectivity index (χ2n) is 5.90. The van der Waals surface area contributed by atoms with Gasteiger partial charge in [0.15, 0.2) is 6.10 Å². The van der Waals surface area contributed by atoms with Crippen LogP contribution in [-0.2, 0) is 4.79 Å². The largest absolute Gasteiger partial charge is 0.481 e. The van der Waals surface area contributed by atoms with Crippen LogP contribution in [0.2, 0.25) is 0 Å². The second kappa shape index (κ2) is 7.82. The topological polar surface area (TPSA) is 38.3 Å². The van der Waals surface area contributed by atoms with Crippen molar-refractivity contribution in [3.05, 3.63) is 65.2 Å². The lowest BCUT2D eigenvalue weighted by atomic mass is 10.0. The first-order valence-corrected chi connectivity index (χ1v) is 8.10. The minimum Gasteiger partial charge on any atom is -0.481 e. The van der Waals surface area contributed by atoms with Crippen LogP contribution in [0.1, 0.15) is 43.0 Å². The van der Waals surface area contributed by atoms with E-state index in [4.69, 9.17) is 4.74 Å². The maximum absolute atomic E-state index is 12.5. The van der Waals surface area contributed by atoms with E-state index in [1.807, 2.05) is 44.2 Å². The maximum atomic E-state index is 12.5. The Hall–Kier alpha value is -2.29. The Morgan fingerprint density at radius 2 is 1.78 bits per heavy atom. The molecule has 3 nitrogen and oxygen atoms in total. The number of aryl methyl sites for hydroxylation is 2. The fraction of sp³-hybridized carbons (Fsp3) is 0.350. The molecule has 122 valence electrons. The molecule has 0 radical (unpaired) electrons. The van der Waals surface area contributed by atoms with Gasteiger partial charge in [-0.05, 0) is 56.0 Å². The average molecular weight is 311 g/mol. The summed E-state index contributed by atoms with van der Waals surface area (Å²) in [5, 5.41) is 3.05. The molecule has 0 unspecified atom stereocenters. The molecule has 0 aliphatic rings. The fourth-order valence-electron chi connectivity index (χ4n) is 2.41. The smallest absolute Gasteiger partial charge is 0.261 e. The van der Waals surface area contributed by atoms with Crippen molar-refractivity contribution in [2.24, 2.45) is 0 Å². The van der Waals surface area contributed by atoms with Crippen LogP contribution in [-0.4, -0.2) is 12.0 Å². The third kappa shape index (κ3) is 4.59. The number of amides is 1. The Balaban J connectivity index is 2.02. The first-order valence-electron chi connectivity index (χ1n) is 8.10. The molecule has 0 spiro atoms. The van der Waals surface area contributed by atoms with Crippen LogP contribution in [0.5, 0.6) is 5.75 Å². The second-order valence-corrected chi connectivity index (χ2v) is 5.90. The van der Waals surface area contributed by atoms with Crippen LogP contribution >= 0.6 is 0 Å². The van der Waals surface area contributed by atoms with Crippen LogP contribution in [0.25, 0.3) is 0 Å². The summed E-state index contributed by atoms with van der Waals surface area (Å²) in [7, 11) is 0. The fourth-order valence-corrected chi connectivity index (χ4v) is 2.41. The van der Waals surface area contributed by atoms with E-state index in [2.05, 4.69) is 37.4 Å². The van der Waals surface area contributed by atoms with Gasteiger partial charge in [0.2, 0.25) is 0 Å². The van der Waals surface area contributed by atoms with E-state index >= 15 is 0 Å². The minimum atomic E-state index is -0.480. The van der Waals surface area contributed by atoms with Gasteiger partial charge in [0, 0.05) is 0 Å². The highest BCUT2D eigenvalue weighted by molar-refractivity contribution is 5.81. The van der Waals surface area contributed by atoms with E-state index in [0.717, 1.165) is 5.56 Å². The summed E-state index contributed by atoms with van der Waals surface area (Å²) in [6, 6.07) is 15.7. The highest BCUT2D eigenvalue weighted by Crippen LogP contribution is 2.18. The Morgan fingerprint density at radius 1 is 1.09 bits per heavy atom. The van der Waals surface area contributed by atoms with Crippen LogP contribution in [0, 0.1) is 13.8 Å². The number of nitrogens with one attached hydrogen (secondary N) is 1. The first-order chi connectivity index (χ1) is 11.0. The molecule has 23 heavy (non-hydrogen) atoms. The monoisotopic (exact) mass is 311 g/mol. The normalized spacial score (nSPS) is 13.2. The zero-order valence-corrected chi connectivity index (χ0v) is 14.3. The lowest BCUT2D eigenvalue weighted by Crippen LogP contribution is -2.39. The van der Waals surface area contributed by atoms with Gasteiger partial charge >= 0.3 is 0 Å². The molecule has 1 N–H and O–H groups in total. The Bertz CT molecular complexity index is 652. The van der Waals surface area contributed by atoms with Crippen molar-refractivity contribution in [3.63, 3.8) is 0 Å². The van der Waals surface area contributed by atoms with Gasteiger partial charge in [-0.15, -0.1) is 0 Å². The van der Waals surface area contributed by atoms with E-state index in [0.29, 0.717) is 12.2 Å². The van der Waals surface area contributed by atoms with Crippen molar-refractivity contribution in [1.82, 2.24) is 5.32 Å². The van der Waals surface area contributed by atoms with Crippen molar-refractivity contribution < 1.29 is 9.53 Å². The zero-order chi connectivity index (χ0) is 16.8. The number of carbonyl (C=O) groups is 1. The van der Waals surface area contributed by atoms with Gasteiger partial charge in [-0.2, -0.15) is 0 Å². The standard InChI is InChI=1S/C20H25NO2/c1-5-19(23-18-9-7-6-8-10-18)20(22)21-16(4)17-12-11-14(2)15(3)13-17/h6-13,16,19H,5H2,1-4H3,(H,21,22)/t16-,19+/m1/s1. The summed E-state index contributed by atoms with van der Waals surface area (Å²) >= 11 is 0.